The van der Waals surface area contributed by atoms with Crippen molar-refractivity contribution >= 4 is 29.3 Å². The lowest BCUT2D eigenvalue weighted by molar-refractivity contribution is -0.870. The van der Waals surface area contributed by atoms with Crippen LogP contribution in [0.3, 0.4) is 0 Å². The summed E-state index contributed by atoms with van der Waals surface area (Å²) >= 11 is 0. The molecule has 6 nitrogen and oxygen atoms in total. The number of benzene rings is 2. The predicted molar refractivity (Wildman–Crippen MR) is 141 cm³/mol. The molecule has 0 radical (unpaired) electrons. The topological polar surface area (TPSA) is 93.4 Å². The van der Waals surface area contributed by atoms with Gasteiger partial charge in [0.25, 0.3) is 0 Å². The quantitative estimate of drug-likeness (QED) is 0.268. The average Bonchev–Trinajstić information content (AvgIpc) is 2.80. The summed E-state index contributed by atoms with van der Waals surface area (Å²) in [5, 5.41) is 0. The van der Waals surface area contributed by atoms with Crippen molar-refractivity contribution in [3.05, 3.63) is 70.8 Å². The number of rotatable bonds is 8. The van der Waals surface area contributed by atoms with E-state index < -0.39 is 0 Å². The minimum absolute atomic E-state index is 0. The van der Waals surface area contributed by atoms with Crippen LogP contribution >= 0.6 is 0 Å². The molecule has 0 saturated carbocycles. The molecule has 1 aliphatic rings. The Morgan fingerprint density at radius 1 is 0.649 bits per heavy atom. The maximum Gasteiger partial charge on any atom is 0.196 e. The number of halogens is 3. The summed E-state index contributed by atoms with van der Waals surface area (Å²) in [6, 6.07) is 17.3. The van der Waals surface area contributed by atoms with Crippen molar-refractivity contribution in [2.75, 3.05) is 46.3 Å². The van der Waals surface area contributed by atoms with Crippen LogP contribution in [-0.4, -0.2) is 63.1 Å². The molecule has 0 unspecified atom stereocenters. The molecule has 2 aromatic rings. The maximum atomic E-state index is 13.3. The second-order valence-electron chi connectivity index (χ2n) is 8.84. The Morgan fingerprint density at radius 2 is 0.946 bits per heavy atom. The smallest absolute Gasteiger partial charge is 0.196 e. The van der Waals surface area contributed by atoms with Gasteiger partial charge in [0.05, 0.1) is 44.4 Å². The van der Waals surface area contributed by atoms with Crippen LogP contribution in [0.2, 0.25) is 0 Å². The predicted octanol–water partition coefficient (Wildman–Crippen LogP) is -9.27. The third kappa shape index (κ3) is 10.5. The minimum Gasteiger partial charge on any atom is -1.00 e. The average molecular weight is 577 g/mol. The molecule has 2 aromatic carbocycles. The van der Waals surface area contributed by atoms with Crippen molar-refractivity contribution in [1.82, 2.24) is 0 Å². The van der Waals surface area contributed by atoms with E-state index in [-0.39, 0.29) is 54.0 Å². The number of carbonyl (C=O) groups excluding carboxylic acids is 1. The Kier molecular flexibility index (Phi) is 20.8. The molecule has 1 fully saturated rings. The van der Waals surface area contributed by atoms with Gasteiger partial charge in [0, 0.05) is 0 Å². The molecule has 1 aliphatic heterocycles. The molecule has 0 spiro atoms. The molecule has 3 rings (SSSR count). The van der Waals surface area contributed by atoms with Crippen molar-refractivity contribution in [2.45, 2.75) is 27.7 Å². The molecule has 0 aromatic heterocycles. The number of hydrogen-bond acceptors (Lipinski definition) is 1. The van der Waals surface area contributed by atoms with Crippen molar-refractivity contribution in [3.63, 3.8) is 0 Å². The van der Waals surface area contributed by atoms with Gasteiger partial charge >= 0.3 is 0 Å². The van der Waals surface area contributed by atoms with Gasteiger partial charge in [-0.2, -0.15) is 0 Å². The Balaban J connectivity index is -0.00000231. The van der Waals surface area contributed by atoms with Gasteiger partial charge in [-0.15, -0.1) is 0 Å². The number of likely N-dealkylation sites (N-methyl/N-ethyl adjacent to an activating group) is 1. The SMILES string of the molecule is CC[NH+](CC)c1ccc(/C=C2\C[NH+](C)C/C(=C\c3ccc([NH+](CC)CC)cc3)C2=O)cc1.O.O.[Cl-].[Cl-].[Cl-]. The Hall–Kier alpha value is -1.74. The zero-order valence-corrected chi connectivity index (χ0v) is 24.8. The Labute approximate surface area is 241 Å². The fourth-order valence-corrected chi connectivity index (χ4v) is 4.66. The van der Waals surface area contributed by atoms with Crippen LogP contribution in [-0.2, 0) is 4.79 Å². The molecule has 0 amide bonds. The van der Waals surface area contributed by atoms with E-state index in [9.17, 15) is 4.79 Å². The highest BCUT2D eigenvalue weighted by atomic mass is 35.5. The summed E-state index contributed by atoms with van der Waals surface area (Å²) in [5.74, 6) is 0.187. The number of piperidine rings is 1. The van der Waals surface area contributed by atoms with Gasteiger partial charge in [0.15, 0.2) is 5.78 Å². The molecule has 1 saturated heterocycles. The molecule has 9 heteroatoms. The molecule has 210 valence electrons. The van der Waals surface area contributed by atoms with Crippen LogP contribution in [0.1, 0.15) is 38.8 Å². The Bertz CT molecular complexity index is 895. The van der Waals surface area contributed by atoms with E-state index in [1.54, 1.807) is 0 Å². The van der Waals surface area contributed by atoms with Gasteiger partial charge < -0.3 is 62.9 Å². The van der Waals surface area contributed by atoms with Crippen LogP contribution in [0.4, 0.5) is 11.4 Å². The number of carbonyl (C=O) groups is 1. The molecule has 0 atom stereocenters. The van der Waals surface area contributed by atoms with Crippen LogP contribution in [0, 0.1) is 0 Å². The van der Waals surface area contributed by atoms with Crippen LogP contribution in [0.5, 0.6) is 0 Å². The zero-order valence-electron chi connectivity index (χ0n) is 22.6. The Morgan fingerprint density at radius 3 is 1.22 bits per heavy atom. The molecule has 1 heterocycles. The lowest BCUT2D eigenvalue weighted by atomic mass is 9.94. The monoisotopic (exact) mass is 575 g/mol. The summed E-state index contributed by atoms with van der Waals surface area (Å²) in [6.07, 6.45) is 4.15. The van der Waals surface area contributed by atoms with Crippen LogP contribution in [0.15, 0.2) is 59.7 Å². The van der Waals surface area contributed by atoms with Gasteiger partial charge in [-0.25, -0.2) is 0 Å². The van der Waals surface area contributed by atoms with E-state index in [0.717, 1.165) is 61.5 Å². The van der Waals surface area contributed by atoms with Gasteiger partial charge in [-0.3, -0.25) is 4.79 Å². The fraction of sp³-hybridized carbons (Fsp3) is 0.393. The summed E-state index contributed by atoms with van der Waals surface area (Å²) in [7, 11) is 2.16. The molecule has 37 heavy (non-hydrogen) atoms. The van der Waals surface area contributed by atoms with E-state index in [1.165, 1.54) is 26.1 Å². The lowest BCUT2D eigenvalue weighted by Gasteiger charge is -2.23. The number of quaternary nitrogens is 3. The van der Waals surface area contributed by atoms with E-state index in [2.05, 4.69) is 95.4 Å². The molecular formula is C28H44Cl3N3O3. The lowest BCUT2D eigenvalue weighted by Crippen LogP contribution is -3.10. The zero-order chi connectivity index (χ0) is 23.1. The highest BCUT2D eigenvalue weighted by molar-refractivity contribution is 6.14. The third-order valence-corrected chi connectivity index (χ3v) is 6.59. The number of likely N-dealkylation sites (tertiary alicyclic amines) is 1. The number of ketones is 1. The summed E-state index contributed by atoms with van der Waals surface area (Å²) in [4.78, 5) is 17.5. The van der Waals surface area contributed by atoms with E-state index >= 15 is 0 Å². The first-order valence-corrected chi connectivity index (χ1v) is 12.2. The number of hydrogen-bond donors (Lipinski definition) is 3. The standard InChI is InChI=1S/C28H37N3O.3ClH.2H2O/c1-6-30(7-2)26-14-10-22(11-15-26)18-24-20-29(5)21-25(28(24)32)19-23-12-16-27(17-13-23)31(8-3)9-4;;;;;/h10-19H,6-9,20-21H2,1-5H3;3*1H;2*1H2/b24-18+,25-19+;;;;;. The van der Waals surface area contributed by atoms with Crippen molar-refractivity contribution in [1.29, 1.82) is 0 Å². The highest BCUT2D eigenvalue weighted by Crippen LogP contribution is 2.17. The molecule has 0 bridgehead atoms. The molecular weight excluding hydrogens is 533 g/mol. The summed E-state index contributed by atoms with van der Waals surface area (Å²) in [5.41, 5.74) is 6.61. The second-order valence-corrected chi connectivity index (χ2v) is 8.84. The fourth-order valence-electron chi connectivity index (χ4n) is 4.66. The normalized spacial score (nSPS) is 16.8. The number of nitrogens with one attached hydrogen (secondary N) is 3. The molecule has 0 aliphatic carbocycles. The number of Topliss-reactive ketones (excluding diaryl/α,β-unsaturated/α-hetero) is 1. The third-order valence-electron chi connectivity index (χ3n) is 6.59. The summed E-state index contributed by atoms with van der Waals surface area (Å²) < 4.78 is 0. The van der Waals surface area contributed by atoms with Crippen molar-refractivity contribution < 1.29 is 67.7 Å². The van der Waals surface area contributed by atoms with Gasteiger partial charge in [-0.1, -0.05) is 0 Å². The van der Waals surface area contributed by atoms with Gasteiger partial charge in [-0.05, 0) is 99.5 Å². The largest absolute Gasteiger partial charge is 1.00 e. The molecule has 7 N–H and O–H groups in total. The first-order chi connectivity index (χ1) is 15.5. The maximum absolute atomic E-state index is 13.3. The van der Waals surface area contributed by atoms with Crippen LogP contribution < -0.4 is 51.9 Å². The first kappa shape index (κ1) is 39.8. The van der Waals surface area contributed by atoms with Gasteiger partial charge in [0.2, 0.25) is 0 Å². The van der Waals surface area contributed by atoms with Crippen molar-refractivity contribution in [2.24, 2.45) is 0 Å². The van der Waals surface area contributed by atoms with E-state index in [1.807, 2.05) is 0 Å². The van der Waals surface area contributed by atoms with E-state index in [4.69, 9.17) is 0 Å². The van der Waals surface area contributed by atoms with Crippen LogP contribution in [0.25, 0.3) is 12.2 Å². The van der Waals surface area contributed by atoms with E-state index in [0.29, 0.717) is 0 Å². The highest BCUT2D eigenvalue weighted by Gasteiger charge is 2.27. The second kappa shape index (κ2) is 19.3. The minimum atomic E-state index is 0. The first-order valence-electron chi connectivity index (χ1n) is 12.2. The van der Waals surface area contributed by atoms with Crippen molar-refractivity contribution in [3.8, 4) is 0 Å². The summed E-state index contributed by atoms with van der Waals surface area (Å²) in [6.45, 7) is 14.7. The van der Waals surface area contributed by atoms with Gasteiger partial charge in [0.1, 0.15) is 24.5 Å².